The van der Waals surface area contributed by atoms with E-state index in [2.05, 4.69) is 25.7 Å². The van der Waals surface area contributed by atoms with Crippen LogP contribution in [0, 0.1) is 42.9 Å². The van der Waals surface area contributed by atoms with E-state index in [9.17, 15) is 4.79 Å². The Morgan fingerprint density at radius 2 is 1.72 bits per heavy atom. The van der Waals surface area contributed by atoms with Crippen molar-refractivity contribution in [1.82, 2.24) is 0 Å². The first-order valence-electron chi connectivity index (χ1n) is 5.60. The molecule has 18 heavy (non-hydrogen) atoms. The van der Waals surface area contributed by atoms with Crippen molar-refractivity contribution in [3.63, 3.8) is 0 Å². The van der Waals surface area contributed by atoms with Gasteiger partial charge in [-0.2, -0.15) is 6.42 Å². The van der Waals surface area contributed by atoms with Crippen molar-refractivity contribution < 1.29 is 72.7 Å². The standard InChI is InChI=1S/C13H18O2.3W/c1-13(12(14)15-2)8-7-10-5-3-4-6-11(10)9-13;;;/h5-7,9-11H,3-4,8H2,1-2H3;;;/q-4;;2*+2. The molecule has 2 saturated carbocycles. The van der Waals surface area contributed by atoms with Crippen molar-refractivity contribution in [2.45, 2.75) is 26.2 Å². The van der Waals surface area contributed by atoms with Gasteiger partial charge in [0.15, 0.2) is 0 Å². The topological polar surface area (TPSA) is 26.3 Å². The Bertz CT molecular complexity index is 261. The Morgan fingerprint density at radius 1 is 1.17 bits per heavy atom. The average molecular weight is 758 g/mol. The van der Waals surface area contributed by atoms with Crippen LogP contribution in [0.5, 0.6) is 0 Å². The Balaban J connectivity index is 0. The van der Waals surface area contributed by atoms with Crippen LogP contribution >= 0.6 is 0 Å². The van der Waals surface area contributed by atoms with E-state index in [1.807, 2.05) is 6.92 Å². The van der Waals surface area contributed by atoms with E-state index in [0.717, 1.165) is 12.8 Å². The van der Waals surface area contributed by atoms with Crippen molar-refractivity contribution in [2.24, 2.45) is 17.3 Å². The fourth-order valence-electron chi connectivity index (χ4n) is 2.58. The molecule has 100 valence electrons. The maximum absolute atomic E-state index is 11.7. The monoisotopic (exact) mass is 758 g/mol. The number of rotatable bonds is 1. The molecule has 2 aliphatic rings. The molecule has 0 N–H and O–H groups in total. The molecule has 3 atom stereocenters. The van der Waals surface area contributed by atoms with Gasteiger partial charge in [-0.3, -0.25) is 4.79 Å². The Morgan fingerprint density at radius 3 is 2.28 bits per heavy atom. The Labute approximate surface area is 154 Å². The normalized spacial score (nSPS) is 33.9. The molecular weight excluding hydrogens is 740 g/mol. The second-order valence-electron chi connectivity index (χ2n) is 4.72. The summed E-state index contributed by atoms with van der Waals surface area (Å²) in [4.78, 5) is 11.7. The third kappa shape index (κ3) is 4.82. The van der Waals surface area contributed by atoms with Crippen LogP contribution in [0.4, 0.5) is 0 Å². The van der Waals surface area contributed by atoms with Crippen molar-refractivity contribution in [2.75, 3.05) is 7.11 Å². The van der Waals surface area contributed by atoms with E-state index in [1.165, 1.54) is 13.5 Å². The first-order chi connectivity index (χ1) is 7.15. The van der Waals surface area contributed by atoms with E-state index < -0.39 is 5.41 Å². The summed E-state index contributed by atoms with van der Waals surface area (Å²) in [6.45, 7) is 1.97. The molecule has 5 heteroatoms. The first kappa shape index (κ1) is 21.8. The van der Waals surface area contributed by atoms with Gasteiger partial charge in [0.05, 0.1) is 7.11 Å². The summed E-state index contributed by atoms with van der Waals surface area (Å²) in [6, 6.07) is 0. The van der Waals surface area contributed by atoms with Gasteiger partial charge in [0.1, 0.15) is 0 Å². The maximum atomic E-state index is 11.7. The molecule has 0 aromatic heterocycles. The molecule has 0 aromatic rings. The molecule has 0 saturated heterocycles. The molecule has 2 aliphatic carbocycles. The van der Waals surface area contributed by atoms with Crippen LogP contribution in [0.25, 0.3) is 0 Å². The van der Waals surface area contributed by atoms with Crippen molar-refractivity contribution >= 4 is 5.97 Å². The molecule has 2 rings (SSSR count). The summed E-state index contributed by atoms with van der Waals surface area (Å²) in [5.74, 6) is 0.851. The predicted molar refractivity (Wildman–Crippen MR) is 58.2 cm³/mol. The Hall–Kier alpha value is 1.53. The molecule has 0 amide bonds. The smallest absolute Gasteiger partial charge is 0.471 e. The fraction of sp³-hybridized carbons (Fsp3) is 0.615. The summed E-state index contributed by atoms with van der Waals surface area (Å²) >= 11 is 0. The number of fused-ring (bicyclic) bond motifs is 1. The van der Waals surface area contributed by atoms with Crippen LogP contribution in [0.3, 0.4) is 0 Å². The van der Waals surface area contributed by atoms with Crippen molar-refractivity contribution in [1.29, 1.82) is 0 Å². The molecular formula is C13H18O2W3. The van der Waals surface area contributed by atoms with Gasteiger partial charge in [-0.15, -0.1) is 0 Å². The molecule has 2 fully saturated rings. The van der Waals surface area contributed by atoms with E-state index in [0.29, 0.717) is 11.8 Å². The zero-order chi connectivity index (χ0) is 10.9. The summed E-state index contributed by atoms with van der Waals surface area (Å²) in [6.07, 6.45) is 12.2. The van der Waals surface area contributed by atoms with Gasteiger partial charge in [-0.25, -0.2) is 12.8 Å². The summed E-state index contributed by atoms with van der Waals surface area (Å²) in [7, 11) is 1.46. The van der Waals surface area contributed by atoms with Crippen LogP contribution in [-0.2, 0) is 72.7 Å². The molecule has 0 heterocycles. The molecule has 2 nitrogen and oxygen atoms in total. The Kier molecular flexibility index (Phi) is 11.5. The molecule has 0 aromatic carbocycles. The van der Waals surface area contributed by atoms with Crippen LogP contribution in [0.1, 0.15) is 26.2 Å². The van der Waals surface area contributed by atoms with E-state index in [1.54, 1.807) is 0 Å². The molecule has 3 unspecified atom stereocenters. The molecule has 0 radical (unpaired) electrons. The van der Waals surface area contributed by atoms with Crippen molar-refractivity contribution in [3.8, 4) is 0 Å². The minimum Gasteiger partial charge on any atom is -0.471 e. The number of hydrogen-bond acceptors (Lipinski definition) is 2. The number of ether oxygens (including phenoxy) is 1. The van der Waals surface area contributed by atoms with Gasteiger partial charge in [0.2, 0.25) is 0 Å². The number of hydrogen-bond donors (Lipinski definition) is 0. The van der Waals surface area contributed by atoms with Crippen LogP contribution in [0.15, 0.2) is 0 Å². The van der Waals surface area contributed by atoms with E-state index >= 15 is 0 Å². The van der Waals surface area contributed by atoms with Crippen LogP contribution in [-0.4, -0.2) is 13.1 Å². The second-order valence-corrected chi connectivity index (χ2v) is 4.72. The van der Waals surface area contributed by atoms with Gasteiger partial charge >= 0.3 is 42.1 Å². The minimum absolute atomic E-state index is 0. The first-order valence-corrected chi connectivity index (χ1v) is 5.60. The zero-order valence-electron chi connectivity index (χ0n) is 10.6. The van der Waals surface area contributed by atoms with Crippen LogP contribution < -0.4 is 0 Å². The zero-order valence-corrected chi connectivity index (χ0v) is 19.4. The number of esters is 1. The van der Waals surface area contributed by atoms with Gasteiger partial charge in [-0.1, -0.05) is 12.3 Å². The SMILES string of the molecule is COC(=O)C1(C)[CH-]C2[CH-]CC[CH-]C2[CH-]C1.[W+2].[W+2].[W]. The fourth-order valence-corrected chi connectivity index (χ4v) is 2.58. The minimum atomic E-state index is -0.419. The van der Waals surface area contributed by atoms with Crippen molar-refractivity contribution in [3.05, 3.63) is 25.7 Å². The summed E-state index contributed by atoms with van der Waals surface area (Å²) < 4.78 is 4.86. The number of carbonyl (C=O) groups excluding carboxylic acids is 1. The second kappa shape index (κ2) is 9.47. The number of methoxy groups -OCH3 is 1. The quantitative estimate of drug-likeness (QED) is 0.304. The van der Waals surface area contributed by atoms with E-state index in [-0.39, 0.29) is 69.2 Å². The predicted octanol–water partition coefficient (Wildman–Crippen LogP) is 2.41. The molecule has 0 spiro atoms. The van der Waals surface area contributed by atoms with Gasteiger partial charge in [-0.05, 0) is 0 Å². The summed E-state index contributed by atoms with van der Waals surface area (Å²) in [5.41, 5.74) is -0.419. The maximum Gasteiger partial charge on any atom is 2.00 e. The third-order valence-corrected chi connectivity index (χ3v) is 3.51. The van der Waals surface area contributed by atoms with Gasteiger partial charge < -0.3 is 42.3 Å². The third-order valence-electron chi connectivity index (χ3n) is 3.51. The largest absolute Gasteiger partial charge is 2.00 e. The molecule has 0 bridgehead atoms. The van der Waals surface area contributed by atoms with Gasteiger partial charge in [0.25, 0.3) is 5.97 Å². The number of carbonyl (C=O) groups is 1. The average Bonchev–Trinajstić information content (AvgIpc) is 2.27. The summed E-state index contributed by atoms with van der Waals surface area (Å²) in [5, 5.41) is 0. The van der Waals surface area contributed by atoms with Crippen LogP contribution in [0.2, 0.25) is 0 Å². The molecule has 0 aliphatic heterocycles. The van der Waals surface area contributed by atoms with E-state index in [4.69, 9.17) is 4.74 Å². The van der Waals surface area contributed by atoms with Gasteiger partial charge in [0, 0.05) is 21.1 Å².